The van der Waals surface area contributed by atoms with E-state index in [1.807, 2.05) is 6.92 Å². The molecule has 17 heavy (non-hydrogen) atoms. The van der Waals surface area contributed by atoms with Crippen molar-refractivity contribution in [3.63, 3.8) is 0 Å². The first-order valence-corrected chi connectivity index (χ1v) is 5.54. The van der Waals surface area contributed by atoms with E-state index in [0.717, 1.165) is 23.1 Å². The first-order valence-electron chi connectivity index (χ1n) is 5.54. The van der Waals surface area contributed by atoms with Gasteiger partial charge >= 0.3 is 0 Å². The summed E-state index contributed by atoms with van der Waals surface area (Å²) in [5, 5.41) is 10.5. The quantitative estimate of drug-likeness (QED) is 0.882. The molecule has 2 aromatic rings. The Morgan fingerprint density at radius 1 is 1.29 bits per heavy atom. The molecule has 0 atom stereocenters. The summed E-state index contributed by atoms with van der Waals surface area (Å²) in [6, 6.07) is 5.11. The van der Waals surface area contributed by atoms with Crippen LogP contribution in [0.25, 0.3) is 10.9 Å². The van der Waals surface area contributed by atoms with Crippen LogP contribution in [0.3, 0.4) is 0 Å². The van der Waals surface area contributed by atoms with E-state index >= 15 is 0 Å². The molecule has 90 valence electrons. The molecule has 1 aromatic heterocycles. The minimum atomic E-state index is 0.0920. The van der Waals surface area contributed by atoms with E-state index in [1.54, 1.807) is 24.4 Å². The molecular weight excluding hydrogens is 218 g/mol. The third-order valence-electron chi connectivity index (χ3n) is 2.46. The summed E-state index contributed by atoms with van der Waals surface area (Å²) < 4.78 is 10.6. The van der Waals surface area contributed by atoms with Crippen LogP contribution < -0.4 is 9.47 Å². The number of phenols is 1. The van der Waals surface area contributed by atoms with Crippen molar-refractivity contribution in [3.8, 4) is 17.2 Å². The molecule has 0 spiro atoms. The van der Waals surface area contributed by atoms with Gasteiger partial charge in [-0.2, -0.15) is 0 Å². The predicted octanol–water partition coefficient (Wildman–Crippen LogP) is 2.74. The van der Waals surface area contributed by atoms with Crippen molar-refractivity contribution >= 4 is 10.9 Å². The van der Waals surface area contributed by atoms with Crippen LogP contribution in [-0.2, 0) is 0 Å². The number of pyridine rings is 1. The van der Waals surface area contributed by atoms with Crippen LogP contribution in [-0.4, -0.2) is 23.8 Å². The fourth-order valence-corrected chi connectivity index (χ4v) is 1.64. The van der Waals surface area contributed by atoms with Gasteiger partial charge in [0.25, 0.3) is 0 Å². The van der Waals surface area contributed by atoms with E-state index in [-0.39, 0.29) is 5.75 Å². The Labute approximate surface area is 99.8 Å². The maximum Gasteiger partial charge on any atom is 0.162 e. The Morgan fingerprint density at radius 2 is 2.12 bits per heavy atom. The topological polar surface area (TPSA) is 51.6 Å². The van der Waals surface area contributed by atoms with Gasteiger partial charge in [-0.25, -0.2) is 0 Å². The SMILES string of the molecule is CCCOc1ccnc2cc(OC)c(O)cc12. The van der Waals surface area contributed by atoms with E-state index in [0.29, 0.717) is 12.4 Å². The molecule has 0 radical (unpaired) electrons. The summed E-state index contributed by atoms with van der Waals surface area (Å²) in [6.07, 6.45) is 2.62. The number of ether oxygens (including phenoxy) is 2. The van der Waals surface area contributed by atoms with Gasteiger partial charge in [-0.05, 0) is 18.6 Å². The lowest BCUT2D eigenvalue weighted by Gasteiger charge is -2.10. The van der Waals surface area contributed by atoms with Crippen molar-refractivity contribution in [2.24, 2.45) is 0 Å². The molecule has 1 N–H and O–H groups in total. The van der Waals surface area contributed by atoms with E-state index in [9.17, 15) is 5.11 Å². The maximum atomic E-state index is 9.75. The number of methoxy groups -OCH3 is 1. The van der Waals surface area contributed by atoms with E-state index in [4.69, 9.17) is 9.47 Å². The number of phenolic OH excluding ortho intramolecular Hbond substituents is 1. The van der Waals surface area contributed by atoms with Gasteiger partial charge in [0.05, 0.1) is 19.2 Å². The summed E-state index contributed by atoms with van der Waals surface area (Å²) in [4.78, 5) is 4.23. The van der Waals surface area contributed by atoms with E-state index < -0.39 is 0 Å². The summed E-state index contributed by atoms with van der Waals surface area (Å²) in [5.41, 5.74) is 0.744. The number of fused-ring (bicyclic) bond motifs is 1. The monoisotopic (exact) mass is 233 g/mol. The van der Waals surface area contributed by atoms with Crippen LogP contribution in [0.5, 0.6) is 17.2 Å². The molecule has 0 aliphatic carbocycles. The zero-order valence-corrected chi connectivity index (χ0v) is 9.93. The van der Waals surface area contributed by atoms with Gasteiger partial charge in [0.2, 0.25) is 0 Å². The highest BCUT2D eigenvalue weighted by Crippen LogP contribution is 2.34. The van der Waals surface area contributed by atoms with Crippen LogP contribution in [0.1, 0.15) is 13.3 Å². The molecule has 0 saturated heterocycles. The van der Waals surface area contributed by atoms with Crippen molar-refractivity contribution in [1.82, 2.24) is 4.98 Å². The molecule has 0 bridgehead atoms. The molecule has 0 saturated carbocycles. The minimum absolute atomic E-state index is 0.0920. The third-order valence-corrected chi connectivity index (χ3v) is 2.46. The van der Waals surface area contributed by atoms with Gasteiger partial charge < -0.3 is 14.6 Å². The third kappa shape index (κ3) is 2.25. The standard InChI is InChI=1S/C13H15NO3/c1-3-6-17-12-4-5-14-10-8-13(16-2)11(15)7-9(10)12/h4-5,7-8,15H,3,6H2,1-2H3. The summed E-state index contributed by atoms with van der Waals surface area (Å²) >= 11 is 0. The van der Waals surface area contributed by atoms with Crippen LogP contribution in [0.2, 0.25) is 0 Å². The number of benzene rings is 1. The molecule has 1 aromatic carbocycles. The van der Waals surface area contributed by atoms with Gasteiger partial charge in [-0.15, -0.1) is 0 Å². The zero-order chi connectivity index (χ0) is 12.3. The lowest BCUT2D eigenvalue weighted by Crippen LogP contribution is -1.96. The van der Waals surface area contributed by atoms with Crippen LogP contribution >= 0.6 is 0 Å². The van der Waals surface area contributed by atoms with Crippen molar-refractivity contribution in [2.75, 3.05) is 13.7 Å². The smallest absolute Gasteiger partial charge is 0.162 e. The molecule has 0 aliphatic rings. The number of aromatic nitrogens is 1. The molecule has 0 unspecified atom stereocenters. The Bertz CT molecular complexity index is 525. The fraction of sp³-hybridized carbons (Fsp3) is 0.308. The Hall–Kier alpha value is -1.97. The second-order valence-corrected chi connectivity index (χ2v) is 3.70. The average molecular weight is 233 g/mol. The predicted molar refractivity (Wildman–Crippen MR) is 65.7 cm³/mol. The molecule has 4 heteroatoms. The normalized spacial score (nSPS) is 10.5. The van der Waals surface area contributed by atoms with Crippen molar-refractivity contribution < 1.29 is 14.6 Å². The highest BCUT2D eigenvalue weighted by atomic mass is 16.5. The van der Waals surface area contributed by atoms with Crippen LogP contribution in [0.4, 0.5) is 0 Å². The Kier molecular flexibility index (Phi) is 3.32. The molecule has 0 amide bonds. The largest absolute Gasteiger partial charge is 0.504 e. The van der Waals surface area contributed by atoms with Crippen molar-refractivity contribution in [2.45, 2.75) is 13.3 Å². The maximum absolute atomic E-state index is 9.75. The number of hydrogen-bond acceptors (Lipinski definition) is 4. The van der Waals surface area contributed by atoms with E-state index in [1.165, 1.54) is 7.11 Å². The van der Waals surface area contributed by atoms with Gasteiger partial charge in [0.15, 0.2) is 11.5 Å². The summed E-state index contributed by atoms with van der Waals surface area (Å²) in [6.45, 7) is 2.69. The number of aromatic hydroxyl groups is 1. The van der Waals surface area contributed by atoms with Crippen molar-refractivity contribution in [3.05, 3.63) is 24.4 Å². The molecule has 0 fully saturated rings. The first kappa shape index (κ1) is 11.5. The molecule has 4 nitrogen and oxygen atoms in total. The van der Waals surface area contributed by atoms with Gasteiger partial charge in [0, 0.05) is 17.6 Å². The second-order valence-electron chi connectivity index (χ2n) is 3.70. The minimum Gasteiger partial charge on any atom is -0.504 e. The average Bonchev–Trinajstić information content (AvgIpc) is 2.35. The summed E-state index contributed by atoms with van der Waals surface area (Å²) in [5.74, 6) is 1.24. The lowest BCUT2D eigenvalue weighted by molar-refractivity contribution is 0.320. The second kappa shape index (κ2) is 4.91. The number of rotatable bonds is 4. The number of hydrogen-bond donors (Lipinski definition) is 1. The molecule has 1 heterocycles. The Balaban J connectivity index is 2.52. The number of nitrogens with zero attached hydrogens (tertiary/aromatic N) is 1. The first-order chi connectivity index (χ1) is 8.26. The lowest BCUT2D eigenvalue weighted by atomic mass is 10.2. The fourth-order valence-electron chi connectivity index (χ4n) is 1.64. The zero-order valence-electron chi connectivity index (χ0n) is 9.93. The molecule has 2 rings (SSSR count). The molecule has 0 aliphatic heterocycles. The van der Waals surface area contributed by atoms with Gasteiger partial charge in [0.1, 0.15) is 5.75 Å². The van der Waals surface area contributed by atoms with E-state index in [2.05, 4.69) is 4.98 Å². The summed E-state index contributed by atoms with van der Waals surface area (Å²) in [7, 11) is 1.51. The Morgan fingerprint density at radius 3 is 2.82 bits per heavy atom. The van der Waals surface area contributed by atoms with Crippen LogP contribution in [0.15, 0.2) is 24.4 Å². The molecular formula is C13H15NO3. The van der Waals surface area contributed by atoms with Crippen molar-refractivity contribution in [1.29, 1.82) is 0 Å². The van der Waals surface area contributed by atoms with Gasteiger partial charge in [-0.1, -0.05) is 6.92 Å². The van der Waals surface area contributed by atoms with Crippen LogP contribution in [0, 0.1) is 0 Å². The van der Waals surface area contributed by atoms with Gasteiger partial charge in [-0.3, -0.25) is 4.98 Å². The highest BCUT2D eigenvalue weighted by molar-refractivity contribution is 5.87. The highest BCUT2D eigenvalue weighted by Gasteiger charge is 2.08.